The summed E-state index contributed by atoms with van der Waals surface area (Å²) in [6.07, 6.45) is 0. The summed E-state index contributed by atoms with van der Waals surface area (Å²) in [5.74, 6) is 1.19. The Labute approximate surface area is 130 Å². The largest absolute Gasteiger partial charge is 0.504 e. The van der Waals surface area contributed by atoms with Crippen molar-refractivity contribution in [1.82, 2.24) is 5.32 Å². The predicted molar refractivity (Wildman–Crippen MR) is 88.1 cm³/mol. The number of benzene rings is 1. The van der Waals surface area contributed by atoms with E-state index in [1.807, 2.05) is 12.1 Å². The predicted octanol–water partition coefficient (Wildman–Crippen LogP) is 4.51. The van der Waals surface area contributed by atoms with Gasteiger partial charge in [0, 0.05) is 17.0 Å². The molecule has 0 aliphatic carbocycles. The van der Waals surface area contributed by atoms with Gasteiger partial charge in [0.15, 0.2) is 11.5 Å². The summed E-state index contributed by atoms with van der Waals surface area (Å²) in [4.78, 5) is 1.35. The number of thiophene rings is 1. The highest BCUT2D eigenvalue weighted by atomic mass is 32.1. The Bertz CT molecular complexity index is 566. The molecule has 114 valence electrons. The number of aromatic hydroxyl groups is 1. The summed E-state index contributed by atoms with van der Waals surface area (Å²) < 4.78 is 5.18. The fraction of sp³-hybridized carbons (Fsp3) is 0.412. The minimum atomic E-state index is 0.173. The van der Waals surface area contributed by atoms with Crippen LogP contribution in [0.2, 0.25) is 0 Å². The number of hydrogen-bond acceptors (Lipinski definition) is 4. The lowest BCUT2D eigenvalue weighted by Crippen LogP contribution is -2.27. The third-order valence-electron chi connectivity index (χ3n) is 3.65. The van der Waals surface area contributed by atoms with E-state index in [1.165, 1.54) is 4.88 Å². The van der Waals surface area contributed by atoms with Crippen LogP contribution in [0.15, 0.2) is 35.7 Å². The summed E-state index contributed by atoms with van der Waals surface area (Å²) in [6.45, 7) is 6.58. The molecule has 1 heterocycles. The van der Waals surface area contributed by atoms with Crippen LogP contribution in [0, 0.1) is 5.92 Å². The van der Waals surface area contributed by atoms with Crippen LogP contribution in [-0.2, 0) is 0 Å². The molecule has 0 fully saturated rings. The van der Waals surface area contributed by atoms with Gasteiger partial charge in [0.25, 0.3) is 0 Å². The van der Waals surface area contributed by atoms with E-state index in [-0.39, 0.29) is 11.8 Å². The smallest absolute Gasteiger partial charge is 0.160 e. The lowest BCUT2D eigenvalue weighted by molar-refractivity contribution is 0.365. The third kappa shape index (κ3) is 3.77. The average Bonchev–Trinajstić information content (AvgIpc) is 2.98. The Morgan fingerprint density at radius 3 is 2.52 bits per heavy atom. The summed E-state index contributed by atoms with van der Waals surface area (Å²) in [5, 5.41) is 15.5. The Hall–Kier alpha value is -1.52. The maximum absolute atomic E-state index is 9.69. The fourth-order valence-electron chi connectivity index (χ4n) is 2.40. The average molecular weight is 305 g/mol. The van der Waals surface area contributed by atoms with Crippen molar-refractivity contribution in [2.75, 3.05) is 7.11 Å². The van der Waals surface area contributed by atoms with E-state index < -0.39 is 0 Å². The second-order valence-electron chi connectivity index (χ2n) is 5.56. The highest BCUT2D eigenvalue weighted by Crippen LogP contribution is 2.32. The SMILES string of the molecule is COc1cc(C(C)NC(c2cccs2)C(C)C)ccc1O. The second kappa shape index (κ2) is 6.96. The first-order chi connectivity index (χ1) is 10.0. The van der Waals surface area contributed by atoms with Gasteiger partial charge in [-0.05, 0) is 42.0 Å². The molecule has 2 unspecified atom stereocenters. The lowest BCUT2D eigenvalue weighted by Gasteiger charge is -2.26. The molecule has 2 atom stereocenters. The van der Waals surface area contributed by atoms with Gasteiger partial charge in [-0.3, -0.25) is 0 Å². The number of ether oxygens (including phenoxy) is 1. The summed E-state index contributed by atoms with van der Waals surface area (Å²) in [5.41, 5.74) is 1.10. The minimum Gasteiger partial charge on any atom is -0.504 e. The topological polar surface area (TPSA) is 41.5 Å². The number of methoxy groups -OCH3 is 1. The van der Waals surface area contributed by atoms with Crippen LogP contribution in [-0.4, -0.2) is 12.2 Å². The molecule has 4 heteroatoms. The first-order valence-corrected chi connectivity index (χ1v) is 8.07. The van der Waals surface area contributed by atoms with Crippen LogP contribution in [0.4, 0.5) is 0 Å². The van der Waals surface area contributed by atoms with E-state index in [9.17, 15) is 5.11 Å². The Morgan fingerprint density at radius 2 is 1.95 bits per heavy atom. The molecule has 1 aromatic carbocycles. The van der Waals surface area contributed by atoms with Gasteiger partial charge in [0.05, 0.1) is 7.11 Å². The van der Waals surface area contributed by atoms with E-state index in [4.69, 9.17) is 4.74 Å². The van der Waals surface area contributed by atoms with E-state index in [1.54, 1.807) is 24.5 Å². The van der Waals surface area contributed by atoms with Crippen molar-refractivity contribution in [3.05, 3.63) is 46.2 Å². The number of hydrogen-bond donors (Lipinski definition) is 2. The van der Waals surface area contributed by atoms with Gasteiger partial charge >= 0.3 is 0 Å². The summed E-state index contributed by atoms with van der Waals surface area (Å²) >= 11 is 1.78. The molecule has 0 aliphatic heterocycles. The van der Waals surface area contributed by atoms with E-state index in [0.29, 0.717) is 17.7 Å². The molecule has 3 nitrogen and oxygen atoms in total. The van der Waals surface area contributed by atoms with Crippen molar-refractivity contribution in [2.45, 2.75) is 32.9 Å². The van der Waals surface area contributed by atoms with Crippen LogP contribution in [0.5, 0.6) is 11.5 Å². The third-order valence-corrected chi connectivity index (χ3v) is 4.61. The molecular formula is C17H23NO2S. The highest BCUT2D eigenvalue weighted by Gasteiger charge is 2.20. The van der Waals surface area contributed by atoms with Crippen molar-refractivity contribution < 1.29 is 9.84 Å². The van der Waals surface area contributed by atoms with Crippen LogP contribution in [0.25, 0.3) is 0 Å². The lowest BCUT2D eigenvalue weighted by atomic mass is 9.99. The molecule has 0 bridgehead atoms. The van der Waals surface area contributed by atoms with Crippen LogP contribution < -0.4 is 10.1 Å². The van der Waals surface area contributed by atoms with Crippen LogP contribution >= 0.6 is 11.3 Å². The highest BCUT2D eigenvalue weighted by molar-refractivity contribution is 7.10. The number of nitrogens with one attached hydrogen (secondary N) is 1. The standard InChI is InChI=1S/C17H23NO2S/c1-11(2)17(16-6-5-9-21-16)18-12(3)13-7-8-14(19)15(10-13)20-4/h5-12,17-19H,1-4H3. The van der Waals surface area contributed by atoms with Crippen LogP contribution in [0.1, 0.15) is 43.3 Å². The Kier molecular flexibility index (Phi) is 5.26. The Balaban J connectivity index is 2.17. The second-order valence-corrected chi connectivity index (χ2v) is 6.54. The summed E-state index contributed by atoms with van der Waals surface area (Å²) in [6, 6.07) is 10.3. The first-order valence-electron chi connectivity index (χ1n) is 7.19. The molecule has 1 aromatic heterocycles. The number of phenols is 1. The zero-order valence-corrected chi connectivity index (χ0v) is 13.8. The van der Waals surface area contributed by atoms with Gasteiger partial charge in [-0.15, -0.1) is 11.3 Å². The van der Waals surface area contributed by atoms with E-state index >= 15 is 0 Å². The zero-order valence-electron chi connectivity index (χ0n) is 13.0. The Morgan fingerprint density at radius 1 is 1.19 bits per heavy atom. The van der Waals surface area contributed by atoms with Crippen molar-refractivity contribution in [1.29, 1.82) is 0 Å². The van der Waals surface area contributed by atoms with Gasteiger partial charge in [-0.1, -0.05) is 26.0 Å². The van der Waals surface area contributed by atoms with Gasteiger partial charge in [-0.25, -0.2) is 0 Å². The van der Waals surface area contributed by atoms with Gasteiger partial charge < -0.3 is 15.2 Å². The van der Waals surface area contributed by atoms with Crippen molar-refractivity contribution in [2.24, 2.45) is 5.92 Å². The molecule has 2 aromatic rings. The van der Waals surface area contributed by atoms with Crippen LogP contribution in [0.3, 0.4) is 0 Å². The maximum Gasteiger partial charge on any atom is 0.160 e. The first kappa shape index (κ1) is 15.9. The number of rotatable bonds is 6. The molecule has 0 aliphatic rings. The van der Waals surface area contributed by atoms with E-state index in [0.717, 1.165) is 5.56 Å². The molecule has 0 amide bonds. The molecule has 0 spiro atoms. The normalized spacial score (nSPS) is 14.1. The van der Waals surface area contributed by atoms with Gasteiger partial charge in [0.1, 0.15) is 0 Å². The molecule has 0 radical (unpaired) electrons. The monoisotopic (exact) mass is 305 g/mol. The molecule has 0 saturated carbocycles. The van der Waals surface area contributed by atoms with Crippen molar-refractivity contribution >= 4 is 11.3 Å². The van der Waals surface area contributed by atoms with E-state index in [2.05, 4.69) is 43.6 Å². The maximum atomic E-state index is 9.69. The molecule has 21 heavy (non-hydrogen) atoms. The molecule has 2 rings (SSSR count). The zero-order chi connectivity index (χ0) is 15.4. The van der Waals surface area contributed by atoms with Gasteiger partial charge in [-0.2, -0.15) is 0 Å². The van der Waals surface area contributed by atoms with Gasteiger partial charge in [0.2, 0.25) is 0 Å². The molecule has 0 saturated heterocycles. The fourth-order valence-corrected chi connectivity index (χ4v) is 3.36. The minimum absolute atomic E-state index is 0.173. The number of phenolic OH excluding ortho intramolecular Hbond substituents is 1. The van der Waals surface area contributed by atoms with Crippen molar-refractivity contribution in [3.8, 4) is 11.5 Å². The molecular weight excluding hydrogens is 282 g/mol. The summed E-state index contributed by atoms with van der Waals surface area (Å²) in [7, 11) is 1.57. The molecule has 2 N–H and O–H groups in total. The quantitative estimate of drug-likeness (QED) is 0.825. The van der Waals surface area contributed by atoms with Crippen molar-refractivity contribution in [3.63, 3.8) is 0 Å².